The van der Waals surface area contributed by atoms with E-state index in [9.17, 15) is 8.60 Å². The van der Waals surface area contributed by atoms with Gasteiger partial charge in [-0.1, -0.05) is 12.1 Å². The summed E-state index contributed by atoms with van der Waals surface area (Å²) in [6.45, 7) is 0. The highest BCUT2D eigenvalue weighted by atomic mass is 32.2. The van der Waals surface area contributed by atoms with Gasteiger partial charge in [-0.25, -0.2) is 9.37 Å². The number of fused-ring (bicyclic) bond motifs is 1. The van der Waals surface area contributed by atoms with E-state index in [1.54, 1.807) is 0 Å². The Bertz CT molecular complexity index is 768. The summed E-state index contributed by atoms with van der Waals surface area (Å²) in [4.78, 5) is 4.89. The first-order valence-electron chi connectivity index (χ1n) is 5.91. The minimum atomic E-state index is -1.32. The van der Waals surface area contributed by atoms with Crippen molar-refractivity contribution in [1.82, 2.24) is 4.98 Å². The van der Waals surface area contributed by atoms with E-state index in [0.717, 1.165) is 15.2 Å². The number of nitrogen functional groups attached to an aromatic ring is 1. The number of halogens is 1. The summed E-state index contributed by atoms with van der Waals surface area (Å²) in [7, 11) is -1.32. The molecule has 0 spiro atoms. The quantitative estimate of drug-likeness (QED) is 0.755. The second kappa shape index (κ2) is 5.30. The third kappa shape index (κ3) is 2.57. The molecule has 0 aliphatic heterocycles. The lowest BCUT2D eigenvalue weighted by atomic mass is 10.3. The molecule has 1 atom stereocenters. The van der Waals surface area contributed by atoms with Crippen LogP contribution in [-0.4, -0.2) is 9.19 Å². The van der Waals surface area contributed by atoms with Crippen LogP contribution in [0.3, 0.4) is 0 Å². The predicted octanol–water partition coefficient (Wildman–Crippen LogP) is 3.33. The molecule has 3 rings (SSSR count). The van der Waals surface area contributed by atoms with Crippen LogP contribution in [0.4, 0.5) is 10.1 Å². The van der Waals surface area contributed by atoms with Crippen molar-refractivity contribution in [2.75, 3.05) is 5.73 Å². The molecule has 0 bridgehead atoms. The van der Waals surface area contributed by atoms with Crippen molar-refractivity contribution in [2.45, 2.75) is 10.6 Å². The van der Waals surface area contributed by atoms with E-state index in [1.165, 1.54) is 29.5 Å². The maximum Gasteiger partial charge on any atom is 0.125 e. The normalized spacial score (nSPS) is 12.7. The predicted molar refractivity (Wildman–Crippen MR) is 80.5 cm³/mol. The number of thiazole rings is 1. The summed E-state index contributed by atoms with van der Waals surface area (Å²) in [6, 6.07) is 11.7. The molecular weight excluding hydrogens is 295 g/mol. The number of aromatic nitrogens is 1. The molecule has 20 heavy (non-hydrogen) atoms. The second-order valence-electron chi connectivity index (χ2n) is 4.25. The number of para-hydroxylation sites is 1. The van der Waals surface area contributed by atoms with Gasteiger partial charge in [0.25, 0.3) is 0 Å². The molecular formula is C14H11FN2OS2. The molecule has 3 nitrogen and oxygen atoms in total. The number of rotatable bonds is 3. The van der Waals surface area contributed by atoms with Crippen molar-refractivity contribution in [1.29, 1.82) is 0 Å². The highest BCUT2D eigenvalue weighted by molar-refractivity contribution is 7.84. The SMILES string of the molecule is Nc1cc(F)ccc1S(=O)Cc1nc2ccccc2s1. The van der Waals surface area contributed by atoms with Gasteiger partial charge in [-0.15, -0.1) is 11.3 Å². The van der Waals surface area contributed by atoms with Crippen LogP contribution in [-0.2, 0) is 16.6 Å². The van der Waals surface area contributed by atoms with E-state index >= 15 is 0 Å². The van der Waals surface area contributed by atoms with Gasteiger partial charge in [-0.2, -0.15) is 0 Å². The number of hydrogen-bond donors (Lipinski definition) is 1. The van der Waals surface area contributed by atoms with Gasteiger partial charge in [0.05, 0.1) is 37.4 Å². The van der Waals surface area contributed by atoms with Gasteiger partial charge in [0.1, 0.15) is 10.8 Å². The Morgan fingerprint density at radius 1 is 1.25 bits per heavy atom. The largest absolute Gasteiger partial charge is 0.398 e. The molecule has 1 aromatic heterocycles. The van der Waals surface area contributed by atoms with Crippen LogP contribution < -0.4 is 5.73 Å². The fourth-order valence-corrected chi connectivity index (χ4v) is 4.20. The first-order chi connectivity index (χ1) is 9.63. The summed E-state index contributed by atoms with van der Waals surface area (Å²) < 4.78 is 26.3. The van der Waals surface area contributed by atoms with Crippen molar-refractivity contribution in [3.8, 4) is 0 Å². The summed E-state index contributed by atoms with van der Waals surface area (Å²) >= 11 is 1.51. The second-order valence-corrected chi connectivity index (χ2v) is 6.78. The number of benzene rings is 2. The molecule has 0 fully saturated rings. The standard InChI is InChI=1S/C14H11FN2OS2/c15-9-5-6-13(10(16)7-9)20(18)8-14-17-11-3-1-2-4-12(11)19-14/h1-7H,8,16H2. The van der Waals surface area contributed by atoms with Crippen LogP contribution in [0.15, 0.2) is 47.4 Å². The van der Waals surface area contributed by atoms with E-state index in [1.807, 2.05) is 24.3 Å². The fourth-order valence-electron chi connectivity index (χ4n) is 1.90. The van der Waals surface area contributed by atoms with Gasteiger partial charge in [-0.05, 0) is 30.3 Å². The maximum atomic E-state index is 13.0. The zero-order chi connectivity index (χ0) is 14.1. The lowest BCUT2D eigenvalue weighted by molar-refractivity contribution is 0.627. The average molecular weight is 306 g/mol. The van der Waals surface area contributed by atoms with Gasteiger partial charge in [0, 0.05) is 0 Å². The molecule has 0 radical (unpaired) electrons. The van der Waals surface area contributed by atoms with Crippen molar-refractivity contribution in [2.24, 2.45) is 0 Å². The van der Waals surface area contributed by atoms with Gasteiger partial charge < -0.3 is 5.73 Å². The minimum absolute atomic E-state index is 0.212. The van der Waals surface area contributed by atoms with E-state index < -0.39 is 16.6 Å². The molecule has 0 aliphatic rings. The summed E-state index contributed by atoms with van der Waals surface area (Å²) in [6.07, 6.45) is 0. The van der Waals surface area contributed by atoms with Gasteiger partial charge in [0.15, 0.2) is 0 Å². The fraction of sp³-hybridized carbons (Fsp3) is 0.0714. The lowest BCUT2D eigenvalue weighted by Crippen LogP contribution is -2.01. The van der Waals surface area contributed by atoms with Crippen LogP contribution in [0.25, 0.3) is 10.2 Å². The van der Waals surface area contributed by atoms with E-state index in [4.69, 9.17) is 5.73 Å². The molecule has 102 valence electrons. The van der Waals surface area contributed by atoms with Gasteiger partial charge >= 0.3 is 0 Å². The summed E-state index contributed by atoms with van der Waals surface area (Å²) in [5.74, 6) is -0.141. The van der Waals surface area contributed by atoms with Gasteiger partial charge in [0.2, 0.25) is 0 Å². The Morgan fingerprint density at radius 2 is 2.05 bits per heavy atom. The monoisotopic (exact) mass is 306 g/mol. The zero-order valence-corrected chi connectivity index (χ0v) is 12.0. The third-order valence-corrected chi connectivity index (χ3v) is 5.43. The molecule has 3 aromatic rings. The number of hydrogen-bond acceptors (Lipinski definition) is 4. The van der Waals surface area contributed by atoms with Crippen LogP contribution in [0.2, 0.25) is 0 Å². The lowest BCUT2D eigenvalue weighted by Gasteiger charge is -2.04. The first-order valence-corrected chi connectivity index (χ1v) is 8.05. The van der Waals surface area contributed by atoms with E-state index in [2.05, 4.69) is 4.98 Å². The van der Waals surface area contributed by atoms with E-state index in [0.29, 0.717) is 4.90 Å². The number of nitrogens with two attached hydrogens (primary N) is 1. The molecule has 2 aromatic carbocycles. The zero-order valence-electron chi connectivity index (χ0n) is 10.4. The molecule has 0 aliphatic carbocycles. The van der Waals surface area contributed by atoms with Crippen LogP contribution in [0.5, 0.6) is 0 Å². The smallest absolute Gasteiger partial charge is 0.125 e. The van der Waals surface area contributed by atoms with Crippen molar-refractivity contribution < 1.29 is 8.60 Å². The Morgan fingerprint density at radius 3 is 2.80 bits per heavy atom. The number of anilines is 1. The third-order valence-electron chi connectivity index (χ3n) is 2.81. The maximum absolute atomic E-state index is 13.0. The van der Waals surface area contributed by atoms with Crippen molar-refractivity contribution in [3.63, 3.8) is 0 Å². The van der Waals surface area contributed by atoms with Crippen LogP contribution >= 0.6 is 11.3 Å². The van der Waals surface area contributed by atoms with Crippen molar-refractivity contribution in [3.05, 3.63) is 53.3 Å². The van der Waals surface area contributed by atoms with Crippen LogP contribution in [0, 0.1) is 5.82 Å². The first kappa shape index (κ1) is 13.2. The summed E-state index contributed by atoms with van der Waals surface area (Å²) in [5, 5.41) is 0.785. The molecule has 6 heteroatoms. The minimum Gasteiger partial charge on any atom is -0.398 e. The van der Waals surface area contributed by atoms with E-state index in [-0.39, 0.29) is 11.4 Å². The molecule has 1 heterocycles. The molecule has 0 saturated carbocycles. The molecule has 1 unspecified atom stereocenters. The van der Waals surface area contributed by atoms with Crippen molar-refractivity contribution >= 4 is 38.0 Å². The summed E-state index contributed by atoms with van der Waals surface area (Å²) in [5.41, 5.74) is 6.81. The molecule has 2 N–H and O–H groups in total. The van der Waals surface area contributed by atoms with Gasteiger partial charge in [-0.3, -0.25) is 4.21 Å². The average Bonchev–Trinajstić information content (AvgIpc) is 2.80. The topological polar surface area (TPSA) is 56.0 Å². The Kier molecular flexibility index (Phi) is 3.50. The van der Waals surface area contributed by atoms with Crippen LogP contribution in [0.1, 0.15) is 5.01 Å². The Labute approximate surface area is 121 Å². The Balaban J connectivity index is 1.88. The number of nitrogens with zero attached hydrogens (tertiary/aromatic N) is 1. The molecule has 0 amide bonds. The highest BCUT2D eigenvalue weighted by Gasteiger charge is 2.12. The Hall–Kier alpha value is -1.79. The molecule has 0 saturated heterocycles. The highest BCUT2D eigenvalue weighted by Crippen LogP contribution is 2.25.